The van der Waals surface area contributed by atoms with E-state index in [0.29, 0.717) is 0 Å². The Morgan fingerprint density at radius 2 is 2.08 bits per heavy atom. The Hall–Kier alpha value is -0.230. The average molecular weight is 308 g/mol. The normalized spacial score (nSPS) is 9.69. The topological polar surface area (TPSA) is 26.3 Å². The van der Waals surface area contributed by atoms with E-state index in [4.69, 9.17) is 4.18 Å². The maximum atomic E-state index is 10.5. The Morgan fingerprint density at radius 1 is 1.46 bits per heavy atom. The highest BCUT2D eigenvalue weighted by Crippen LogP contribution is 2.21. The third-order valence-corrected chi connectivity index (χ3v) is 2.75. The number of halogens is 1. The minimum Gasteiger partial charge on any atom is -0.378 e. The fraction of sp³-hybridized carbons (Fsp3) is 0.222. The van der Waals surface area contributed by atoms with Gasteiger partial charge in [0.2, 0.25) is 0 Å². The quantitative estimate of drug-likeness (QED) is 0.482. The number of carbonyl (C=O) groups excluding carboxylic acids is 1. The SMILES string of the molecule is CCc1ccc(SOC(=O)I)cc1. The van der Waals surface area contributed by atoms with Crippen molar-refractivity contribution in [2.24, 2.45) is 0 Å². The first-order chi connectivity index (χ1) is 6.22. The Balaban J connectivity index is 2.54. The molecule has 70 valence electrons. The van der Waals surface area contributed by atoms with E-state index in [1.54, 1.807) is 22.6 Å². The summed E-state index contributed by atoms with van der Waals surface area (Å²) in [4.78, 5) is 11.4. The summed E-state index contributed by atoms with van der Waals surface area (Å²) in [6.45, 7) is 2.10. The Morgan fingerprint density at radius 3 is 2.54 bits per heavy atom. The number of hydrogen-bond donors (Lipinski definition) is 0. The molecule has 0 aromatic heterocycles. The average Bonchev–Trinajstić information content (AvgIpc) is 2.15. The minimum atomic E-state index is -0.304. The van der Waals surface area contributed by atoms with Crippen molar-refractivity contribution in [2.75, 3.05) is 0 Å². The molecule has 4 heteroatoms. The molecule has 0 fully saturated rings. The Labute approximate surface area is 95.4 Å². The molecule has 0 aliphatic heterocycles. The van der Waals surface area contributed by atoms with Crippen LogP contribution in [0.4, 0.5) is 4.79 Å². The summed E-state index contributed by atoms with van der Waals surface area (Å²) in [7, 11) is 0. The molecule has 1 aromatic carbocycles. The van der Waals surface area contributed by atoms with Crippen LogP contribution in [-0.4, -0.2) is 3.98 Å². The van der Waals surface area contributed by atoms with Crippen molar-refractivity contribution < 1.29 is 8.98 Å². The van der Waals surface area contributed by atoms with Crippen molar-refractivity contribution in [3.05, 3.63) is 29.8 Å². The summed E-state index contributed by atoms with van der Waals surface area (Å²) in [5.41, 5.74) is 1.28. The zero-order valence-electron chi connectivity index (χ0n) is 7.12. The zero-order valence-corrected chi connectivity index (χ0v) is 10.1. The van der Waals surface area contributed by atoms with E-state index in [1.807, 2.05) is 24.3 Å². The zero-order chi connectivity index (χ0) is 9.68. The van der Waals surface area contributed by atoms with E-state index in [0.717, 1.165) is 23.4 Å². The highest BCUT2D eigenvalue weighted by Gasteiger charge is 1.98. The summed E-state index contributed by atoms with van der Waals surface area (Å²) >= 11 is 2.69. The lowest BCUT2D eigenvalue weighted by Gasteiger charge is -1.99. The van der Waals surface area contributed by atoms with Crippen molar-refractivity contribution in [1.29, 1.82) is 0 Å². The summed E-state index contributed by atoms with van der Waals surface area (Å²) in [6, 6.07) is 7.96. The predicted molar refractivity (Wildman–Crippen MR) is 62.2 cm³/mol. The molecule has 0 spiro atoms. The fourth-order valence-electron chi connectivity index (χ4n) is 0.862. The van der Waals surface area contributed by atoms with Gasteiger partial charge in [-0.25, -0.2) is 4.79 Å². The largest absolute Gasteiger partial charge is 0.379 e. The predicted octanol–water partition coefficient (Wildman–Crippen LogP) is 3.83. The third kappa shape index (κ3) is 3.99. The molecule has 0 bridgehead atoms. The number of carbonyl (C=O) groups is 1. The Kier molecular flexibility index (Phi) is 4.58. The molecule has 0 N–H and O–H groups in total. The highest BCUT2D eigenvalue weighted by atomic mass is 127. The molecule has 1 rings (SSSR count). The van der Waals surface area contributed by atoms with Crippen molar-refractivity contribution in [1.82, 2.24) is 0 Å². The summed E-state index contributed by atoms with van der Waals surface area (Å²) in [6.07, 6.45) is 1.02. The first-order valence-electron chi connectivity index (χ1n) is 3.85. The van der Waals surface area contributed by atoms with Crippen molar-refractivity contribution in [3.63, 3.8) is 0 Å². The molecule has 0 amide bonds. The van der Waals surface area contributed by atoms with Gasteiger partial charge in [0.1, 0.15) is 0 Å². The van der Waals surface area contributed by atoms with E-state index in [-0.39, 0.29) is 3.98 Å². The van der Waals surface area contributed by atoms with Crippen LogP contribution < -0.4 is 0 Å². The number of rotatable bonds is 3. The molecule has 13 heavy (non-hydrogen) atoms. The second-order valence-electron chi connectivity index (χ2n) is 2.40. The summed E-state index contributed by atoms with van der Waals surface area (Å²) in [5.74, 6) is 0. The monoisotopic (exact) mass is 308 g/mol. The van der Waals surface area contributed by atoms with Gasteiger partial charge in [0, 0.05) is 4.90 Å². The second-order valence-corrected chi connectivity index (χ2v) is 4.09. The molecule has 0 saturated heterocycles. The summed E-state index contributed by atoms with van der Waals surface area (Å²) < 4.78 is 4.46. The third-order valence-electron chi connectivity index (χ3n) is 1.54. The van der Waals surface area contributed by atoms with Crippen molar-refractivity contribution >= 4 is 38.6 Å². The van der Waals surface area contributed by atoms with Gasteiger partial charge in [-0.05, 0) is 24.1 Å². The second kappa shape index (κ2) is 5.49. The maximum Gasteiger partial charge on any atom is 0.379 e. The first-order valence-corrected chi connectivity index (χ1v) is 5.67. The van der Waals surface area contributed by atoms with Gasteiger partial charge in [0.05, 0.1) is 34.6 Å². The number of aryl methyl sites for hydroxylation is 1. The number of hydrogen-bond acceptors (Lipinski definition) is 3. The van der Waals surface area contributed by atoms with Gasteiger partial charge < -0.3 is 4.18 Å². The lowest BCUT2D eigenvalue weighted by atomic mass is 10.2. The van der Waals surface area contributed by atoms with Crippen LogP contribution >= 0.6 is 34.6 Å². The van der Waals surface area contributed by atoms with E-state index in [9.17, 15) is 4.79 Å². The summed E-state index contributed by atoms with van der Waals surface area (Å²) in [5, 5.41) is 0. The van der Waals surface area contributed by atoms with Crippen LogP contribution in [0.1, 0.15) is 12.5 Å². The van der Waals surface area contributed by atoms with Gasteiger partial charge in [-0.2, -0.15) is 0 Å². The Bertz CT molecular complexity index is 284. The van der Waals surface area contributed by atoms with Crippen LogP contribution in [0.25, 0.3) is 0 Å². The van der Waals surface area contributed by atoms with E-state index in [2.05, 4.69) is 6.92 Å². The lowest BCUT2D eigenvalue weighted by Crippen LogP contribution is -1.83. The van der Waals surface area contributed by atoms with Crippen LogP contribution in [-0.2, 0) is 10.6 Å². The molecule has 1 aromatic rings. The van der Waals surface area contributed by atoms with Crippen LogP contribution in [0.15, 0.2) is 29.2 Å². The van der Waals surface area contributed by atoms with Gasteiger partial charge in [-0.3, -0.25) is 0 Å². The fourth-order valence-corrected chi connectivity index (χ4v) is 1.54. The van der Waals surface area contributed by atoms with Crippen LogP contribution in [0.3, 0.4) is 0 Å². The van der Waals surface area contributed by atoms with Gasteiger partial charge >= 0.3 is 3.98 Å². The first kappa shape index (κ1) is 10.8. The van der Waals surface area contributed by atoms with Gasteiger partial charge in [0.25, 0.3) is 0 Å². The maximum absolute atomic E-state index is 10.5. The van der Waals surface area contributed by atoms with Gasteiger partial charge in [0.15, 0.2) is 0 Å². The van der Waals surface area contributed by atoms with Crippen molar-refractivity contribution in [2.45, 2.75) is 18.2 Å². The van der Waals surface area contributed by atoms with E-state index >= 15 is 0 Å². The molecule has 0 aliphatic carbocycles. The molecule has 0 atom stereocenters. The molecule has 2 nitrogen and oxygen atoms in total. The minimum absolute atomic E-state index is 0.304. The van der Waals surface area contributed by atoms with Crippen LogP contribution in [0, 0.1) is 0 Å². The number of benzene rings is 1. The van der Waals surface area contributed by atoms with E-state index in [1.165, 1.54) is 5.56 Å². The molecule has 0 heterocycles. The smallest absolute Gasteiger partial charge is 0.378 e. The molecular weight excluding hydrogens is 299 g/mol. The molecule has 0 radical (unpaired) electrons. The molecular formula is C9H9IO2S. The molecule has 0 aliphatic rings. The van der Waals surface area contributed by atoms with Gasteiger partial charge in [-0.1, -0.05) is 19.1 Å². The highest BCUT2D eigenvalue weighted by molar-refractivity contribution is 14.1. The molecule has 0 unspecified atom stereocenters. The van der Waals surface area contributed by atoms with Gasteiger partial charge in [-0.15, -0.1) is 0 Å². The lowest BCUT2D eigenvalue weighted by molar-refractivity contribution is 0.237. The van der Waals surface area contributed by atoms with E-state index < -0.39 is 0 Å². The standard InChI is InChI=1S/C9H9IO2S/c1-2-7-3-5-8(6-4-7)13-12-9(10)11/h3-6H,2H2,1H3. The van der Waals surface area contributed by atoms with Crippen molar-refractivity contribution in [3.8, 4) is 0 Å². The van der Waals surface area contributed by atoms with Crippen LogP contribution in [0.2, 0.25) is 0 Å². The molecule has 0 saturated carbocycles. The van der Waals surface area contributed by atoms with Crippen LogP contribution in [0.5, 0.6) is 0 Å².